The smallest absolute Gasteiger partial charge is 0.309 e. The van der Waals surface area contributed by atoms with E-state index in [0.29, 0.717) is 5.56 Å². The number of aliphatic hydroxyl groups is 1. The highest BCUT2D eigenvalue weighted by atomic mass is 19.1. The molecule has 0 saturated carbocycles. The van der Waals surface area contributed by atoms with Crippen molar-refractivity contribution in [2.45, 2.75) is 25.0 Å². The second-order valence-electron chi connectivity index (χ2n) is 5.84. The summed E-state index contributed by atoms with van der Waals surface area (Å²) in [7, 11) is 0. The fourth-order valence-electron chi connectivity index (χ4n) is 2.75. The number of ether oxygens (including phenoxy) is 1. The molecule has 25 heavy (non-hydrogen) atoms. The molecule has 0 aliphatic carbocycles. The van der Waals surface area contributed by atoms with E-state index in [9.17, 15) is 23.1 Å². The van der Waals surface area contributed by atoms with Crippen molar-refractivity contribution in [3.05, 3.63) is 65.5 Å². The summed E-state index contributed by atoms with van der Waals surface area (Å²) in [6.45, 7) is 0. The minimum atomic E-state index is -0.814. The molecular formula is C19H15F3O3. The van der Waals surface area contributed by atoms with Crippen molar-refractivity contribution in [3.63, 3.8) is 0 Å². The van der Waals surface area contributed by atoms with Gasteiger partial charge in [-0.05, 0) is 35.4 Å². The molecule has 0 unspecified atom stereocenters. The van der Waals surface area contributed by atoms with Crippen molar-refractivity contribution in [3.8, 4) is 11.1 Å². The van der Waals surface area contributed by atoms with Crippen molar-refractivity contribution in [2.75, 3.05) is 0 Å². The Morgan fingerprint density at radius 2 is 1.80 bits per heavy atom. The average Bonchev–Trinajstić information content (AvgIpc) is 2.53. The van der Waals surface area contributed by atoms with Crippen LogP contribution in [0.3, 0.4) is 0 Å². The average molecular weight is 348 g/mol. The first kappa shape index (κ1) is 17.2. The number of carbonyl (C=O) groups excluding carboxylic acids is 1. The minimum absolute atomic E-state index is 0.0733. The summed E-state index contributed by atoms with van der Waals surface area (Å²) in [4.78, 5) is 11.4. The molecule has 2 atom stereocenters. The van der Waals surface area contributed by atoms with E-state index < -0.39 is 35.6 Å². The highest BCUT2D eigenvalue weighted by Gasteiger charge is 2.25. The monoisotopic (exact) mass is 348 g/mol. The number of benzene rings is 2. The highest BCUT2D eigenvalue weighted by molar-refractivity contribution is 5.76. The van der Waals surface area contributed by atoms with Crippen molar-refractivity contribution in [1.29, 1.82) is 0 Å². The van der Waals surface area contributed by atoms with E-state index in [2.05, 4.69) is 0 Å². The Labute approximate surface area is 142 Å². The van der Waals surface area contributed by atoms with E-state index in [1.807, 2.05) is 0 Å². The molecule has 2 aromatic rings. The third-order valence-corrected chi connectivity index (χ3v) is 3.92. The lowest BCUT2D eigenvalue weighted by Crippen LogP contribution is -2.31. The summed E-state index contributed by atoms with van der Waals surface area (Å²) in [5.41, 5.74) is 0.778. The van der Waals surface area contributed by atoms with Crippen LogP contribution in [-0.2, 0) is 9.53 Å². The molecule has 1 saturated heterocycles. The van der Waals surface area contributed by atoms with Gasteiger partial charge in [-0.1, -0.05) is 18.2 Å². The predicted molar refractivity (Wildman–Crippen MR) is 85.9 cm³/mol. The van der Waals surface area contributed by atoms with Gasteiger partial charge in [-0.3, -0.25) is 4.79 Å². The van der Waals surface area contributed by atoms with Crippen LogP contribution in [0.4, 0.5) is 13.2 Å². The van der Waals surface area contributed by atoms with E-state index in [0.717, 1.165) is 12.1 Å². The zero-order valence-corrected chi connectivity index (χ0v) is 13.1. The molecule has 1 aliphatic rings. The Kier molecular flexibility index (Phi) is 4.90. The fourth-order valence-corrected chi connectivity index (χ4v) is 2.75. The van der Waals surface area contributed by atoms with Gasteiger partial charge in [0.2, 0.25) is 0 Å². The van der Waals surface area contributed by atoms with Crippen LogP contribution in [0.1, 0.15) is 18.4 Å². The van der Waals surface area contributed by atoms with Crippen LogP contribution in [0.5, 0.6) is 0 Å². The van der Waals surface area contributed by atoms with Gasteiger partial charge < -0.3 is 9.84 Å². The van der Waals surface area contributed by atoms with Gasteiger partial charge in [0.05, 0.1) is 12.5 Å². The minimum Gasteiger partial charge on any atom is -0.458 e. The Morgan fingerprint density at radius 1 is 1.08 bits per heavy atom. The maximum Gasteiger partial charge on any atom is 0.309 e. The number of aliphatic hydroxyl groups excluding tert-OH is 1. The van der Waals surface area contributed by atoms with Gasteiger partial charge in [-0.15, -0.1) is 0 Å². The van der Waals surface area contributed by atoms with Crippen LogP contribution in [0, 0.1) is 17.5 Å². The lowest BCUT2D eigenvalue weighted by atomic mass is 9.97. The van der Waals surface area contributed by atoms with Gasteiger partial charge >= 0.3 is 5.97 Å². The maximum absolute atomic E-state index is 14.3. The molecule has 3 rings (SSSR count). The quantitative estimate of drug-likeness (QED) is 0.857. The first-order valence-electron chi connectivity index (χ1n) is 7.73. The molecule has 6 heteroatoms. The third kappa shape index (κ3) is 4.09. The Morgan fingerprint density at radius 3 is 2.48 bits per heavy atom. The molecule has 130 valence electrons. The second-order valence-corrected chi connectivity index (χ2v) is 5.84. The number of hydrogen-bond acceptors (Lipinski definition) is 3. The lowest BCUT2D eigenvalue weighted by molar-refractivity contribution is -0.156. The number of cyclic esters (lactones) is 1. The molecule has 1 fully saturated rings. The van der Waals surface area contributed by atoms with Gasteiger partial charge in [0.1, 0.15) is 23.6 Å². The molecule has 1 aliphatic heterocycles. The standard InChI is InChI=1S/C19H15F3O3/c20-12-3-1-11(2-4-12)17-7-13(21)8-18(22)16(17)6-5-15-9-14(23)10-19(24)25-15/h1-8,14-15,23H,9-10H2/b6-5+/t14-,15-/m1/s1. The predicted octanol–water partition coefficient (Wildman–Crippen LogP) is 3.85. The summed E-state index contributed by atoms with van der Waals surface area (Å²) >= 11 is 0. The van der Waals surface area contributed by atoms with Gasteiger partial charge in [0, 0.05) is 18.1 Å². The zero-order chi connectivity index (χ0) is 18.0. The fraction of sp³-hybridized carbons (Fsp3) is 0.211. The van der Waals surface area contributed by atoms with Crippen molar-refractivity contribution in [2.24, 2.45) is 0 Å². The Balaban J connectivity index is 1.96. The Bertz CT molecular complexity index is 815. The van der Waals surface area contributed by atoms with E-state index in [1.165, 1.54) is 36.4 Å². The summed E-state index contributed by atoms with van der Waals surface area (Å²) in [5.74, 6) is -2.54. The zero-order valence-electron chi connectivity index (χ0n) is 13.1. The molecular weight excluding hydrogens is 333 g/mol. The normalized spacial score (nSPS) is 20.7. The van der Waals surface area contributed by atoms with Gasteiger partial charge in [-0.25, -0.2) is 13.2 Å². The first-order chi connectivity index (χ1) is 11.9. The van der Waals surface area contributed by atoms with Gasteiger partial charge in [0.15, 0.2) is 0 Å². The summed E-state index contributed by atoms with van der Waals surface area (Å²) in [5, 5.41) is 9.60. The summed E-state index contributed by atoms with van der Waals surface area (Å²) in [6.07, 6.45) is 1.45. The van der Waals surface area contributed by atoms with Crippen LogP contribution < -0.4 is 0 Å². The van der Waals surface area contributed by atoms with E-state index >= 15 is 0 Å². The Hall–Kier alpha value is -2.60. The summed E-state index contributed by atoms with van der Waals surface area (Å²) in [6, 6.07) is 7.14. The number of rotatable bonds is 3. The lowest BCUT2D eigenvalue weighted by Gasteiger charge is -2.23. The second kappa shape index (κ2) is 7.11. The molecule has 3 nitrogen and oxygen atoms in total. The van der Waals surface area contributed by atoms with Crippen molar-refractivity contribution in [1.82, 2.24) is 0 Å². The molecule has 0 spiro atoms. The van der Waals surface area contributed by atoms with Crippen molar-refractivity contribution >= 4 is 12.0 Å². The molecule has 1 heterocycles. The number of hydrogen-bond donors (Lipinski definition) is 1. The molecule has 0 radical (unpaired) electrons. The number of halogens is 3. The topological polar surface area (TPSA) is 46.5 Å². The van der Waals surface area contributed by atoms with E-state index in [-0.39, 0.29) is 24.0 Å². The third-order valence-electron chi connectivity index (χ3n) is 3.92. The van der Waals surface area contributed by atoms with Crippen LogP contribution >= 0.6 is 0 Å². The van der Waals surface area contributed by atoms with E-state index in [4.69, 9.17) is 4.74 Å². The highest BCUT2D eigenvalue weighted by Crippen LogP contribution is 2.29. The van der Waals surface area contributed by atoms with Crippen molar-refractivity contribution < 1.29 is 27.8 Å². The van der Waals surface area contributed by atoms with Crippen LogP contribution in [0.25, 0.3) is 17.2 Å². The molecule has 1 N–H and O–H groups in total. The number of carbonyl (C=O) groups is 1. The maximum atomic E-state index is 14.3. The van der Waals surface area contributed by atoms with Gasteiger partial charge in [0.25, 0.3) is 0 Å². The van der Waals surface area contributed by atoms with E-state index in [1.54, 1.807) is 0 Å². The molecule has 2 aromatic carbocycles. The van der Waals surface area contributed by atoms with Crippen LogP contribution in [-0.4, -0.2) is 23.3 Å². The van der Waals surface area contributed by atoms with Crippen LogP contribution in [0.2, 0.25) is 0 Å². The number of esters is 1. The molecule has 0 aromatic heterocycles. The molecule has 0 bridgehead atoms. The summed E-state index contributed by atoms with van der Waals surface area (Å²) < 4.78 is 46.1. The SMILES string of the molecule is O=C1C[C@H](O)C[C@@H](/C=C/c2c(F)cc(F)cc2-c2ccc(F)cc2)O1. The first-order valence-corrected chi connectivity index (χ1v) is 7.73. The van der Waals surface area contributed by atoms with Crippen LogP contribution in [0.15, 0.2) is 42.5 Å². The molecule has 0 amide bonds. The van der Waals surface area contributed by atoms with Gasteiger partial charge in [-0.2, -0.15) is 0 Å². The largest absolute Gasteiger partial charge is 0.458 e.